The Bertz CT molecular complexity index is 1010. The van der Waals surface area contributed by atoms with E-state index in [1.165, 1.54) is 36.4 Å². The lowest BCUT2D eigenvalue weighted by Gasteiger charge is -2.05. The van der Waals surface area contributed by atoms with E-state index in [0.717, 1.165) is 12.1 Å². The van der Waals surface area contributed by atoms with Crippen LogP contribution in [0.15, 0.2) is 62.8 Å². The molecular formula is C15H8F4N2O3S. The fourth-order valence-electron chi connectivity index (χ4n) is 2.01. The zero-order valence-corrected chi connectivity index (χ0v) is 13.0. The molecule has 0 bridgehead atoms. The van der Waals surface area contributed by atoms with Crippen molar-refractivity contribution in [2.75, 3.05) is 0 Å². The van der Waals surface area contributed by atoms with E-state index in [1.54, 1.807) is 0 Å². The third-order valence-corrected chi connectivity index (χ3v) is 4.97. The topological polar surface area (TPSA) is 73.1 Å². The normalized spacial score (nSPS) is 12.3. The first kappa shape index (κ1) is 17.1. The monoisotopic (exact) mass is 372 g/mol. The van der Waals surface area contributed by atoms with Crippen LogP contribution in [-0.2, 0) is 16.0 Å². The summed E-state index contributed by atoms with van der Waals surface area (Å²) in [5.41, 5.74) is 0.137. The molecule has 1 aromatic heterocycles. The smallest absolute Gasteiger partial charge is 0.329 e. The molecule has 0 radical (unpaired) electrons. The van der Waals surface area contributed by atoms with Crippen molar-refractivity contribution in [3.63, 3.8) is 0 Å². The van der Waals surface area contributed by atoms with Gasteiger partial charge in [-0.3, -0.25) is 0 Å². The van der Waals surface area contributed by atoms with Crippen molar-refractivity contribution >= 4 is 9.84 Å². The summed E-state index contributed by atoms with van der Waals surface area (Å²) in [6.07, 6.45) is -4.77. The third-order valence-electron chi connectivity index (χ3n) is 3.20. The highest BCUT2D eigenvalue weighted by molar-refractivity contribution is 7.91. The molecule has 3 rings (SSSR count). The van der Waals surface area contributed by atoms with Crippen molar-refractivity contribution in [3.8, 4) is 11.4 Å². The summed E-state index contributed by atoms with van der Waals surface area (Å²) in [5.74, 6) is -2.54. The number of hydrogen-bond acceptors (Lipinski definition) is 5. The zero-order chi connectivity index (χ0) is 18.2. The van der Waals surface area contributed by atoms with Crippen LogP contribution in [0.2, 0.25) is 0 Å². The molecule has 25 heavy (non-hydrogen) atoms. The highest BCUT2D eigenvalue weighted by Gasteiger charge is 2.38. The molecule has 0 aliphatic heterocycles. The molecule has 3 aromatic rings. The molecule has 5 nitrogen and oxygen atoms in total. The van der Waals surface area contributed by atoms with Crippen molar-refractivity contribution in [1.82, 2.24) is 10.1 Å². The molecular weight excluding hydrogens is 364 g/mol. The summed E-state index contributed by atoms with van der Waals surface area (Å²) < 4.78 is 79.5. The van der Waals surface area contributed by atoms with Gasteiger partial charge in [-0.05, 0) is 42.5 Å². The van der Waals surface area contributed by atoms with Crippen molar-refractivity contribution in [2.45, 2.75) is 16.0 Å². The minimum atomic E-state index is -4.77. The molecule has 0 saturated heterocycles. The Morgan fingerprint density at radius 2 is 1.64 bits per heavy atom. The van der Waals surface area contributed by atoms with E-state index in [-0.39, 0.29) is 21.2 Å². The van der Waals surface area contributed by atoms with Crippen LogP contribution in [0.3, 0.4) is 0 Å². The van der Waals surface area contributed by atoms with Crippen molar-refractivity contribution in [3.05, 3.63) is 60.2 Å². The molecule has 0 unspecified atom stereocenters. The fraction of sp³-hybridized carbons (Fsp3) is 0.0667. The molecule has 0 N–H and O–H groups in total. The van der Waals surface area contributed by atoms with Crippen LogP contribution in [0, 0.1) is 5.82 Å². The molecule has 0 aliphatic rings. The predicted octanol–water partition coefficient (Wildman–Crippen LogP) is 3.73. The third kappa shape index (κ3) is 3.38. The van der Waals surface area contributed by atoms with Gasteiger partial charge in [0, 0.05) is 5.56 Å². The Balaban J connectivity index is 1.94. The highest BCUT2D eigenvalue weighted by atomic mass is 32.2. The maximum atomic E-state index is 13.2. The summed E-state index contributed by atoms with van der Waals surface area (Å²) in [4.78, 5) is 2.82. The van der Waals surface area contributed by atoms with Gasteiger partial charge in [0.15, 0.2) is 0 Å². The van der Waals surface area contributed by atoms with Gasteiger partial charge in [0.05, 0.1) is 9.79 Å². The van der Waals surface area contributed by atoms with Gasteiger partial charge in [-0.25, -0.2) is 12.8 Å². The van der Waals surface area contributed by atoms with E-state index in [0.29, 0.717) is 0 Å². The first-order chi connectivity index (χ1) is 11.7. The Kier molecular flexibility index (Phi) is 4.07. The average molecular weight is 372 g/mol. The molecule has 0 amide bonds. The lowest BCUT2D eigenvalue weighted by Crippen LogP contribution is -2.05. The molecule has 10 heteroatoms. The molecule has 130 valence electrons. The fourth-order valence-corrected chi connectivity index (χ4v) is 3.30. The van der Waals surface area contributed by atoms with Crippen LogP contribution >= 0.6 is 0 Å². The van der Waals surface area contributed by atoms with Crippen LogP contribution in [-0.4, -0.2) is 18.6 Å². The van der Waals surface area contributed by atoms with Gasteiger partial charge in [0.2, 0.25) is 15.7 Å². The SMILES string of the molecule is O=S(=O)(c1ccc(-c2noc(C(F)(F)F)n2)cc1)c1cccc(F)c1. The molecule has 0 atom stereocenters. The average Bonchev–Trinajstić information content (AvgIpc) is 3.05. The first-order valence-electron chi connectivity index (χ1n) is 6.70. The van der Waals surface area contributed by atoms with E-state index < -0.39 is 27.7 Å². The minimum absolute atomic E-state index is 0.137. The maximum absolute atomic E-state index is 13.2. The second-order valence-corrected chi connectivity index (χ2v) is 6.86. The van der Waals surface area contributed by atoms with Crippen LogP contribution in [0.5, 0.6) is 0 Å². The number of aromatic nitrogens is 2. The van der Waals surface area contributed by atoms with E-state index in [2.05, 4.69) is 14.7 Å². The largest absolute Gasteiger partial charge is 0.471 e. The van der Waals surface area contributed by atoms with E-state index in [9.17, 15) is 26.0 Å². The predicted molar refractivity (Wildman–Crippen MR) is 76.6 cm³/mol. The van der Waals surface area contributed by atoms with E-state index in [1.807, 2.05) is 0 Å². The summed E-state index contributed by atoms with van der Waals surface area (Å²) in [5, 5.41) is 3.21. The highest BCUT2D eigenvalue weighted by Crippen LogP contribution is 2.30. The number of alkyl halides is 3. The van der Waals surface area contributed by atoms with Crippen LogP contribution in [0.25, 0.3) is 11.4 Å². The summed E-state index contributed by atoms with van der Waals surface area (Å²) in [6, 6.07) is 9.27. The van der Waals surface area contributed by atoms with Gasteiger partial charge in [0.1, 0.15) is 5.82 Å². The molecule has 0 aliphatic carbocycles. The van der Waals surface area contributed by atoms with Gasteiger partial charge in [-0.1, -0.05) is 11.2 Å². The lowest BCUT2D eigenvalue weighted by atomic mass is 10.2. The number of sulfone groups is 1. The lowest BCUT2D eigenvalue weighted by molar-refractivity contribution is -0.159. The molecule has 2 aromatic carbocycles. The maximum Gasteiger partial charge on any atom is 0.471 e. The van der Waals surface area contributed by atoms with Crippen molar-refractivity contribution in [1.29, 1.82) is 0 Å². The van der Waals surface area contributed by atoms with Gasteiger partial charge in [-0.15, -0.1) is 0 Å². The van der Waals surface area contributed by atoms with Gasteiger partial charge in [-0.2, -0.15) is 18.2 Å². The minimum Gasteiger partial charge on any atom is -0.329 e. The molecule has 0 fully saturated rings. The standard InChI is InChI=1S/C15H8F4N2O3S/c16-10-2-1-3-12(8-10)25(22,23)11-6-4-9(5-7-11)13-20-14(24-21-13)15(17,18)19/h1-8H. The summed E-state index contributed by atoms with van der Waals surface area (Å²) in [7, 11) is -3.96. The van der Waals surface area contributed by atoms with Crippen LogP contribution < -0.4 is 0 Å². The second-order valence-electron chi connectivity index (χ2n) is 4.91. The van der Waals surface area contributed by atoms with Crippen molar-refractivity contribution in [2.24, 2.45) is 0 Å². The number of benzene rings is 2. The summed E-state index contributed by atoms with van der Waals surface area (Å²) in [6.45, 7) is 0. The molecule has 1 heterocycles. The van der Waals surface area contributed by atoms with Gasteiger partial charge < -0.3 is 4.52 Å². The number of hydrogen-bond donors (Lipinski definition) is 0. The van der Waals surface area contributed by atoms with Gasteiger partial charge in [0.25, 0.3) is 0 Å². The summed E-state index contributed by atoms with van der Waals surface area (Å²) >= 11 is 0. The Morgan fingerprint density at radius 3 is 2.20 bits per heavy atom. The number of rotatable bonds is 3. The van der Waals surface area contributed by atoms with E-state index in [4.69, 9.17) is 0 Å². The molecule has 0 spiro atoms. The first-order valence-corrected chi connectivity index (χ1v) is 8.18. The number of nitrogens with zero attached hydrogens (tertiary/aromatic N) is 2. The van der Waals surface area contributed by atoms with Crippen LogP contribution in [0.4, 0.5) is 17.6 Å². The Morgan fingerprint density at radius 1 is 0.960 bits per heavy atom. The van der Waals surface area contributed by atoms with Crippen molar-refractivity contribution < 1.29 is 30.5 Å². The van der Waals surface area contributed by atoms with E-state index >= 15 is 0 Å². The Labute approximate surface area is 138 Å². The van der Waals surface area contributed by atoms with Gasteiger partial charge >= 0.3 is 12.1 Å². The Hall–Kier alpha value is -2.75. The quantitative estimate of drug-likeness (QED) is 0.655. The zero-order valence-electron chi connectivity index (χ0n) is 12.2. The molecule has 0 saturated carbocycles. The number of halogens is 4. The second kappa shape index (κ2) is 5.96. The van der Waals surface area contributed by atoms with Crippen LogP contribution in [0.1, 0.15) is 5.89 Å².